The molecule has 1 saturated carbocycles. The molecule has 0 radical (unpaired) electrons. The molecule has 1 aliphatic carbocycles. The van der Waals surface area contributed by atoms with Crippen LogP contribution >= 0.6 is 0 Å². The molecule has 47 heavy (non-hydrogen) atoms. The van der Waals surface area contributed by atoms with Gasteiger partial charge in [-0.25, -0.2) is 4.79 Å². The highest BCUT2D eigenvalue weighted by atomic mass is 16.6. The minimum absolute atomic E-state index is 0.0589. The van der Waals surface area contributed by atoms with Crippen molar-refractivity contribution < 1.29 is 34.2 Å². The summed E-state index contributed by atoms with van der Waals surface area (Å²) in [5, 5.41) is 39.7. The van der Waals surface area contributed by atoms with Crippen molar-refractivity contribution in [2.45, 2.75) is 71.3 Å². The summed E-state index contributed by atoms with van der Waals surface area (Å²) in [4.78, 5) is 25.5. The van der Waals surface area contributed by atoms with Crippen LogP contribution in [-0.4, -0.2) is 45.7 Å². The topological polar surface area (TPSA) is 198 Å². The maximum Gasteiger partial charge on any atom is 0.407 e. The molecule has 4 rings (SSSR count). The lowest BCUT2D eigenvalue weighted by Gasteiger charge is -2.29. The lowest BCUT2D eigenvalue weighted by atomic mass is 9.85. The number of nitrogens with one attached hydrogen (secondary N) is 6. The van der Waals surface area contributed by atoms with Crippen LogP contribution < -0.4 is 31.1 Å². The van der Waals surface area contributed by atoms with Gasteiger partial charge in [-0.15, -0.1) is 0 Å². The highest BCUT2D eigenvalue weighted by Gasteiger charge is 2.28. The third kappa shape index (κ3) is 10.7. The fraction of sp³-hybridized carbons (Fsp3) is 0.353. The van der Waals surface area contributed by atoms with Crippen molar-refractivity contribution in [1.82, 2.24) is 16.3 Å². The molecule has 0 saturated heterocycles. The van der Waals surface area contributed by atoms with Crippen LogP contribution in [0.3, 0.4) is 0 Å². The van der Waals surface area contributed by atoms with Gasteiger partial charge in [0.2, 0.25) is 5.91 Å². The highest BCUT2D eigenvalue weighted by Crippen LogP contribution is 2.30. The fourth-order valence-corrected chi connectivity index (χ4v) is 5.12. The van der Waals surface area contributed by atoms with E-state index < -0.39 is 11.7 Å². The third-order valence-corrected chi connectivity index (χ3v) is 7.43. The molecular weight excluding hydrogens is 604 g/mol. The Morgan fingerprint density at radius 1 is 0.787 bits per heavy atom. The van der Waals surface area contributed by atoms with E-state index in [0.29, 0.717) is 54.0 Å². The average Bonchev–Trinajstić information content (AvgIpc) is 3.05. The van der Waals surface area contributed by atoms with Crippen molar-refractivity contribution in [1.29, 1.82) is 10.8 Å². The van der Waals surface area contributed by atoms with Gasteiger partial charge in [0.05, 0.1) is 0 Å². The number of benzene rings is 3. The van der Waals surface area contributed by atoms with Crippen LogP contribution in [0.2, 0.25) is 0 Å². The summed E-state index contributed by atoms with van der Waals surface area (Å²) in [7, 11) is 0. The Hall–Kier alpha value is -5.14. The number of rotatable bonds is 11. The Balaban J connectivity index is 1.45. The van der Waals surface area contributed by atoms with E-state index in [1.165, 1.54) is 0 Å². The van der Waals surface area contributed by atoms with Gasteiger partial charge in [-0.2, -0.15) is 0 Å². The molecule has 8 N–H and O–H groups in total. The predicted octanol–water partition coefficient (Wildman–Crippen LogP) is 5.47. The predicted molar refractivity (Wildman–Crippen MR) is 175 cm³/mol. The summed E-state index contributed by atoms with van der Waals surface area (Å²) >= 11 is 0. The molecule has 0 aliphatic heterocycles. The van der Waals surface area contributed by atoms with E-state index in [2.05, 4.69) is 10.6 Å². The molecule has 13 nitrogen and oxygen atoms in total. The first-order valence-corrected chi connectivity index (χ1v) is 15.3. The molecular formula is C34H42N6O7. The zero-order valence-electron chi connectivity index (χ0n) is 26.7. The van der Waals surface area contributed by atoms with Crippen LogP contribution in [0.5, 0.6) is 11.5 Å². The van der Waals surface area contributed by atoms with Crippen LogP contribution in [0.1, 0.15) is 68.7 Å². The zero-order chi connectivity index (χ0) is 34.0. The highest BCUT2D eigenvalue weighted by molar-refractivity contribution is 5.96. The summed E-state index contributed by atoms with van der Waals surface area (Å²) in [5.41, 5.74) is 6.06. The van der Waals surface area contributed by atoms with Crippen molar-refractivity contribution in [3.8, 4) is 11.5 Å². The minimum Gasteiger partial charge on any atom is -0.489 e. The van der Waals surface area contributed by atoms with Gasteiger partial charge in [-0.3, -0.25) is 37.0 Å². The van der Waals surface area contributed by atoms with E-state index in [1.807, 2.05) is 43.9 Å². The molecule has 0 aromatic heterocycles. The smallest absolute Gasteiger partial charge is 0.407 e. The van der Waals surface area contributed by atoms with Gasteiger partial charge in [0.25, 0.3) is 0 Å². The first-order chi connectivity index (χ1) is 22.4. The number of carbonyl (C=O) groups excluding carboxylic acids is 2. The standard InChI is InChI=1S/C34H42N6O7/c1-34(2,3)47-33(42)38-26-12-10-23(11-13-26)32(41)37-27-16-28(45-19-21-6-4-8-24(14-21)30(35)39-43)18-29(17-27)46-20-22-7-5-9-25(15-22)31(36)40-44/h4-9,14-18,23,26,43-44H,10-13,19-20H2,1-3H3,(H2,35,39)(H2,36,40)(H,37,41)(H,38,42). The second-order valence-electron chi connectivity index (χ2n) is 12.3. The Morgan fingerprint density at radius 3 is 1.77 bits per heavy atom. The van der Waals surface area contributed by atoms with E-state index in [9.17, 15) is 9.59 Å². The minimum atomic E-state index is -0.584. The summed E-state index contributed by atoms with van der Waals surface area (Å²) in [5.74, 6) is 0.200. The fourth-order valence-electron chi connectivity index (χ4n) is 5.12. The summed E-state index contributed by atoms with van der Waals surface area (Å²) < 4.78 is 17.5. The van der Waals surface area contributed by atoms with Gasteiger partial charge < -0.3 is 24.8 Å². The third-order valence-electron chi connectivity index (χ3n) is 7.43. The number of carbonyl (C=O) groups is 2. The van der Waals surface area contributed by atoms with Crippen LogP contribution in [-0.2, 0) is 22.7 Å². The molecule has 0 atom stereocenters. The van der Waals surface area contributed by atoms with Crippen molar-refractivity contribution in [2.75, 3.05) is 5.32 Å². The second kappa shape index (κ2) is 15.9. The first-order valence-electron chi connectivity index (χ1n) is 15.3. The number of anilines is 1. The molecule has 1 fully saturated rings. The van der Waals surface area contributed by atoms with Crippen LogP contribution in [0, 0.1) is 16.7 Å². The number of hydrogen-bond donors (Lipinski definition) is 8. The molecule has 250 valence electrons. The Bertz CT molecular complexity index is 1500. The molecule has 2 amide bonds. The van der Waals surface area contributed by atoms with E-state index >= 15 is 0 Å². The van der Waals surface area contributed by atoms with Crippen molar-refractivity contribution >= 4 is 29.4 Å². The molecule has 13 heteroatoms. The summed E-state index contributed by atoms with van der Waals surface area (Å²) in [6, 6.07) is 19.0. The second-order valence-corrected chi connectivity index (χ2v) is 12.3. The van der Waals surface area contributed by atoms with Gasteiger partial charge in [-0.1, -0.05) is 36.4 Å². The average molecular weight is 647 g/mol. The number of amides is 2. The van der Waals surface area contributed by atoms with Gasteiger partial charge in [0.15, 0.2) is 0 Å². The van der Waals surface area contributed by atoms with E-state index in [0.717, 1.165) is 11.1 Å². The van der Waals surface area contributed by atoms with E-state index in [1.54, 1.807) is 54.6 Å². The number of hydrogen-bond acceptors (Lipinski definition) is 9. The van der Waals surface area contributed by atoms with Gasteiger partial charge >= 0.3 is 6.09 Å². The van der Waals surface area contributed by atoms with Crippen LogP contribution in [0.4, 0.5) is 10.5 Å². The quantitative estimate of drug-likeness (QED) is 0.0756. The summed E-state index contributed by atoms with van der Waals surface area (Å²) in [6.45, 7) is 5.73. The summed E-state index contributed by atoms with van der Waals surface area (Å²) in [6.07, 6.45) is 2.06. The van der Waals surface area contributed by atoms with Gasteiger partial charge in [0.1, 0.15) is 42.0 Å². The number of alkyl carbamates (subject to hydrolysis) is 1. The van der Waals surface area contributed by atoms with Crippen molar-refractivity contribution in [2.24, 2.45) is 5.92 Å². The Morgan fingerprint density at radius 2 is 1.30 bits per heavy atom. The van der Waals surface area contributed by atoms with Crippen LogP contribution in [0.15, 0.2) is 66.7 Å². The SMILES string of the molecule is CC(C)(C)OC(=O)NC1CCC(C(=O)Nc2cc(OCc3cccc(C(=N)NO)c3)cc(OCc3cccc(C(=N)NO)c3)c2)CC1. The zero-order valence-corrected chi connectivity index (χ0v) is 26.7. The number of hydroxylamine groups is 2. The van der Waals surface area contributed by atoms with E-state index in [4.69, 9.17) is 35.4 Å². The van der Waals surface area contributed by atoms with Crippen LogP contribution in [0.25, 0.3) is 0 Å². The molecule has 0 spiro atoms. The van der Waals surface area contributed by atoms with Crippen molar-refractivity contribution in [3.05, 3.63) is 89.0 Å². The molecule has 0 unspecified atom stereocenters. The Labute approximate surface area is 273 Å². The normalized spacial score (nSPS) is 15.9. The first kappa shape index (κ1) is 34.7. The molecule has 0 heterocycles. The molecule has 1 aliphatic rings. The molecule has 3 aromatic carbocycles. The monoisotopic (exact) mass is 646 g/mol. The van der Waals surface area contributed by atoms with Gasteiger partial charge in [-0.05, 0) is 69.7 Å². The van der Waals surface area contributed by atoms with Gasteiger partial charge in [0, 0.05) is 47.0 Å². The van der Waals surface area contributed by atoms with Crippen molar-refractivity contribution in [3.63, 3.8) is 0 Å². The molecule has 3 aromatic rings. The maximum absolute atomic E-state index is 13.3. The lowest BCUT2D eigenvalue weighted by molar-refractivity contribution is -0.120. The maximum atomic E-state index is 13.3. The number of amidine groups is 2. The number of ether oxygens (including phenoxy) is 3. The molecule has 0 bridgehead atoms. The largest absolute Gasteiger partial charge is 0.489 e. The lowest BCUT2D eigenvalue weighted by Crippen LogP contribution is -2.42. The Kier molecular flexibility index (Phi) is 11.8. The van der Waals surface area contributed by atoms with E-state index in [-0.39, 0.29) is 42.8 Å².